The molecule has 4 heteroatoms. The molecule has 1 radical (unpaired) electrons. The van der Waals surface area contributed by atoms with E-state index in [2.05, 4.69) is 16.7 Å². The van der Waals surface area contributed by atoms with Gasteiger partial charge in [0.2, 0.25) is 0 Å². The number of carbonyl (C=O) groups excluding carboxylic acids is 1. The van der Waals surface area contributed by atoms with Crippen LogP contribution in [0.3, 0.4) is 0 Å². The van der Waals surface area contributed by atoms with Gasteiger partial charge in [-0.3, -0.25) is 14.6 Å². The van der Waals surface area contributed by atoms with Crippen molar-refractivity contribution in [2.75, 3.05) is 45.9 Å². The third kappa shape index (κ3) is 3.27. The number of likely N-dealkylation sites (tertiary alicyclic amines) is 1. The van der Waals surface area contributed by atoms with Crippen molar-refractivity contribution in [2.24, 2.45) is 0 Å². The Kier molecular flexibility index (Phi) is 4.32. The van der Waals surface area contributed by atoms with Gasteiger partial charge in [0, 0.05) is 39.1 Å². The maximum Gasteiger partial charge on any atom is 0.147 e. The maximum absolute atomic E-state index is 10.9. The van der Waals surface area contributed by atoms with Crippen molar-refractivity contribution in [3.05, 3.63) is 6.92 Å². The lowest BCUT2D eigenvalue weighted by molar-refractivity contribution is -0.116. The lowest BCUT2D eigenvalue weighted by atomic mass is 10.0. The van der Waals surface area contributed by atoms with Gasteiger partial charge < -0.3 is 4.74 Å². The zero-order chi connectivity index (χ0) is 11.4. The molecule has 4 nitrogen and oxygen atoms in total. The molecule has 0 unspecified atom stereocenters. The van der Waals surface area contributed by atoms with E-state index in [1.54, 1.807) is 0 Å². The Hall–Kier alpha value is -0.450. The summed E-state index contributed by atoms with van der Waals surface area (Å²) < 4.78 is 5.36. The number of hydrogen-bond donors (Lipinski definition) is 0. The minimum absolute atomic E-state index is 0.0322. The highest BCUT2D eigenvalue weighted by Crippen LogP contribution is 2.17. The van der Waals surface area contributed by atoms with Crippen LogP contribution in [0, 0.1) is 6.92 Å². The van der Waals surface area contributed by atoms with Crippen LogP contribution in [-0.4, -0.2) is 67.6 Å². The van der Waals surface area contributed by atoms with Gasteiger partial charge >= 0.3 is 0 Å². The molecule has 2 fully saturated rings. The fourth-order valence-electron chi connectivity index (χ4n) is 2.63. The van der Waals surface area contributed by atoms with Crippen LogP contribution < -0.4 is 0 Å². The van der Waals surface area contributed by atoms with Crippen molar-refractivity contribution < 1.29 is 9.53 Å². The van der Waals surface area contributed by atoms with E-state index in [4.69, 9.17) is 4.74 Å². The van der Waals surface area contributed by atoms with Crippen LogP contribution in [0.15, 0.2) is 0 Å². The highest BCUT2D eigenvalue weighted by atomic mass is 16.5. The third-order valence-electron chi connectivity index (χ3n) is 3.52. The van der Waals surface area contributed by atoms with Gasteiger partial charge in [0.05, 0.1) is 19.8 Å². The second-order valence-electron chi connectivity index (χ2n) is 4.69. The van der Waals surface area contributed by atoms with E-state index in [9.17, 15) is 4.79 Å². The minimum Gasteiger partial charge on any atom is -0.379 e. The van der Waals surface area contributed by atoms with Gasteiger partial charge in [-0.2, -0.15) is 0 Å². The van der Waals surface area contributed by atoms with Gasteiger partial charge in [0.25, 0.3) is 0 Å². The predicted octanol–water partition coefficient (Wildman–Crippen LogP) is 0.186. The average Bonchev–Trinajstić information content (AvgIpc) is 2.30. The van der Waals surface area contributed by atoms with Gasteiger partial charge in [-0.1, -0.05) is 0 Å². The van der Waals surface area contributed by atoms with Crippen LogP contribution in [0.5, 0.6) is 0 Å². The SMILES string of the molecule is [CH2]C(=O)CN1CCC(N2CCOCC2)CC1. The fourth-order valence-corrected chi connectivity index (χ4v) is 2.63. The number of rotatable bonds is 3. The molecule has 0 atom stereocenters. The molecule has 0 saturated carbocycles. The van der Waals surface area contributed by atoms with Gasteiger partial charge in [-0.05, 0) is 12.8 Å². The van der Waals surface area contributed by atoms with E-state index in [0.717, 1.165) is 39.4 Å². The largest absolute Gasteiger partial charge is 0.379 e. The number of Topliss-reactive ketones (excluding diaryl/α,β-unsaturated/α-hetero) is 1. The predicted molar refractivity (Wildman–Crippen MR) is 62.2 cm³/mol. The molecule has 91 valence electrons. The smallest absolute Gasteiger partial charge is 0.147 e. The molecular formula is C12H21N2O2. The number of morpholine rings is 1. The van der Waals surface area contributed by atoms with Gasteiger partial charge in [0.1, 0.15) is 5.78 Å². The lowest BCUT2D eigenvalue weighted by Crippen LogP contribution is -2.49. The second-order valence-corrected chi connectivity index (χ2v) is 4.69. The fraction of sp³-hybridized carbons (Fsp3) is 0.833. The van der Waals surface area contributed by atoms with Crippen molar-refractivity contribution in [1.29, 1.82) is 0 Å². The van der Waals surface area contributed by atoms with Crippen LogP contribution in [0.25, 0.3) is 0 Å². The standard InChI is InChI=1S/C12H21N2O2/c1-11(15)10-13-4-2-12(3-5-13)14-6-8-16-9-7-14/h12H,1-10H2. The zero-order valence-corrected chi connectivity index (χ0v) is 9.86. The van der Waals surface area contributed by atoms with Crippen LogP contribution in [0.1, 0.15) is 12.8 Å². The summed E-state index contributed by atoms with van der Waals surface area (Å²) in [5, 5.41) is 0. The molecule has 0 aromatic heterocycles. The summed E-state index contributed by atoms with van der Waals surface area (Å²) in [5.74, 6) is 0.0322. The van der Waals surface area contributed by atoms with Crippen molar-refractivity contribution in [2.45, 2.75) is 18.9 Å². The van der Waals surface area contributed by atoms with E-state index in [1.807, 2.05) is 0 Å². The first-order chi connectivity index (χ1) is 7.75. The Labute approximate surface area is 97.5 Å². The molecular weight excluding hydrogens is 204 g/mol. The van der Waals surface area contributed by atoms with Gasteiger partial charge in [-0.25, -0.2) is 0 Å². The molecule has 0 aromatic carbocycles. The van der Waals surface area contributed by atoms with Gasteiger partial charge in [-0.15, -0.1) is 0 Å². The van der Waals surface area contributed by atoms with E-state index >= 15 is 0 Å². The van der Waals surface area contributed by atoms with Crippen LogP contribution in [0.2, 0.25) is 0 Å². The topological polar surface area (TPSA) is 32.8 Å². The molecule has 0 aliphatic carbocycles. The molecule has 0 spiro atoms. The molecule has 0 amide bonds. The summed E-state index contributed by atoms with van der Waals surface area (Å²) in [4.78, 5) is 15.7. The summed E-state index contributed by atoms with van der Waals surface area (Å²) in [6.45, 7) is 9.90. The summed E-state index contributed by atoms with van der Waals surface area (Å²) in [5.41, 5.74) is 0. The molecule has 0 N–H and O–H groups in total. The van der Waals surface area contributed by atoms with E-state index in [0.29, 0.717) is 12.6 Å². The highest BCUT2D eigenvalue weighted by molar-refractivity contribution is 5.84. The molecule has 2 heterocycles. The Morgan fingerprint density at radius 2 is 1.81 bits per heavy atom. The third-order valence-corrected chi connectivity index (χ3v) is 3.52. The monoisotopic (exact) mass is 225 g/mol. The second kappa shape index (κ2) is 5.75. The van der Waals surface area contributed by atoms with Crippen LogP contribution in [0.4, 0.5) is 0 Å². The summed E-state index contributed by atoms with van der Waals surface area (Å²) >= 11 is 0. The van der Waals surface area contributed by atoms with Crippen molar-refractivity contribution in [3.8, 4) is 0 Å². The Morgan fingerprint density at radius 3 is 2.38 bits per heavy atom. The number of hydrogen-bond acceptors (Lipinski definition) is 4. The summed E-state index contributed by atoms with van der Waals surface area (Å²) in [6.07, 6.45) is 2.35. The molecule has 0 bridgehead atoms. The lowest BCUT2D eigenvalue weighted by Gasteiger charge is -2.39. The van der Waals surface area contributed by atoms with Crippen molar-refractivity contribution in [3.63, 3.8) is 0 Å². The Bertz CT molecular complexity index is 231. The summed E-state index contributed by atoms with van der Waals surface area (Å²) in [6, 6.07) is 0.695. The Morgan fingerprint density at radius 1 is 1.19 bits per heavy atom. The zero-order valence-electron chi connectivity index (χ0n) is 9.86. The normalized spacial score (nSPS) is 25.8. The van der Waals surface area contributed by atoms with E-state index in [-0.39, 0.29) is 5.78 Å². The number of ketones is 1. The van der Waals surface area contributed by atoms with E-state index in [1.165, 1.54) is 12.8 Å². The number of carbonyl (C=O) groups is 1. The first kappa shape index (κ1) is 12.0. The quantitative estimate of drug-likeness (QED) is 0.686. The van der Waals surface area contributed by atoms with Crippen molar-refractivity contribution in [1.82, 2.24) is 9.80 Å². The number of ether oxygens (including phenoxy) is 1. The Balaban J connectivity index is 1.73. The van der Waals surface area contributed by atoms with E-state index < -0.39 is 0 Å². The highest BCUT2D eigenvalue weighted by Gasteiger charge is 2.25. The molecule has 2 aliphatic heterocycles. The molecule has 2 aliphatic rings. The average molecular weight is 225 g/mol. The number of nitrogens with zero attached hydrogens (tertiary/aromatic N) is 2. The van der Waals surface area contributed by atoms with Crippen LogP contribution in [-0.2, 0) is 9.53 Å². The summed E-state index contributed by atoms with van der Waals surface area (Å²) in [7, 11) is 0. The first-order valence-corrected chi connectivity index (χ1v) is 6.14. The molecule has 2 rings (SSSR count). The molecule has 2 saturated heterocycles. The molecule has 16 heavy (non-hydrogen) atoms. The minimum atomic E-state index is 0.0322. The van der Waals surface area contributed by atoms with Crippen molar-refractivity contribution >= 4 is 5.78 Å². The van der Waals surface area contributed by atoms with Crippen LogP contribution >= 0.6 is 0 Å². The van der Waals surface area contributed by atoms with Gasteiger partial charge in [0.15, 0.2) is 0 Å². The number of piperidine rings is 1. The maximum atomic E-state index is 10.9. The molecule has 0 aromatic rings. The first-order valence-electron chi connectivity index (χ1n) is 6.14.